The predicted octanol–water partition coefficient (Wildman–Crippen LogP) is 15.7. The minimum Gasteiger partial charge on any atom is -0.352 e. The lowest BCUT2D eigenvalue weighted by Crippen LogP contribution is -2.24. The molecule has 49 heavy (non-hydrogen) atoms. The number of hydrogen-bond donors (Lipinski definition) is 1. The summed E-state index contributed by atoms with van der Waals surface area (Å²) in [5.74, 6) is 3.34. The first-order valence-corrected chi connectivity index (χ1v) is 26.1. The summed E-state index contributed by atoms with van der Waals surface area (Å²) >= 11 is 0. The summed E-state index contributed by atoms with van der Waals surface area (Å²) in [7, 11) is 8.23. The minimum atomic E-state index is 0.122. The molecular formula is C43H75NOS4. The van der Waals surface area contributed by atoms with Crippen LogP contribution in [-0.4, -0.2) is 23.5 Å². The van der Waals surface area contributed by atoms with Gasteiger partial charge in [-0.15, -0.1) is 0 Å². The van der Waals surface area contributed by atoms with Gasteiger partial charge in [0.15, 0.2) is 0 Å². The Labute approximate surface area is 320 Å². The van der Waals surface area contributed by atoms with Crippen molar-refractivity contribution >= 4 is 49.1 Å². The van der Waals surface area contributed by atoms with E-state index in [9.17, 15) is 4.79 Å². The van der Waals surface area contributed by atoms with E-state index in [1.165, 1.54) is 210 Å². The normalized spacial score (nSPS) is 24.0. The second-order valence-electron chi connectivity index (χ2n) is 15.2. The molecule has 1 aromatic carbocycles. The predicted molar refractivity (Wildman–Crippen MR) is 228 cm³/mol. The Hall–Kier alpha value is 0.0900. The van der Waals surface area contributed by atoms with Crippen molar-refractivity contribution in [3.05, 3.63) is 34.9 Å². The largest absolute Gasteiger partial charge is 0.352 e. The zero-order valence-electron chi connectivity index (χ0n) is 31.6. The molecular weight excluding hydrogens is 675 g/mol. The Morgan fingerprint density at radius 3 is 1.29 bits per heavy atom. The smallest absolute Gasteiger partial charge is 0.251 e. The van der Waals surface area contributed by atoms with Crippen LogP contribution in [-0.2, 0) is 11.5 Å². The molecule has 1 amide bonds. The van der Waals surface area contributed by atoms with Crippen LogP contribution in [0.1, 0.15) is 221 Å². The van der Waals surface area contributed by atoms with Crippen LogP contribution >= 0.6 is 43.2 Å². The van der Waals surface area contributed by atoms with Crippen molar-refractivity contribution in [3.8, 4) is 0 Å². The average molecular weight is 750 g/mol. The number of carbonyl (C=O) groups excluding carboxylic acids is 1. The van der Waals surface area contributed by atoms with Crippen molar-refractivity contribution in [2.75, 3.05) is 12.3 Å². The Morgan fingerprint density at radius 2 is 0.816 bits per heavy atom. The second-order valence-corrected chi connectivity index (χ2v) is 20.4. The highest BCUT2D eigenvalue weighted by Crippen LogP contribution is 2.37. The van der Waals surface area contributed by atoms with Gasteiger partial charge in [-0.05, 0) is 48.9 Å². The van der Waals surface area contributed by atoms with Crippen LogP contribution in [0.2, 0.25) is 0 Å². The van der Waals surface area contributed by atoms with Crippen LogP contribution < -0.4 is 5.32 Å². The third-order valence-electron chi connectivity index (χ3n) is 10.5. The summed E-state index contributed by atoms with van der Waals surface area (Å²) in [6.45, 7) is 0.801. The van der Waals surface area contributed by atoms with Gasteiger partial charge in [0, 0.05) is 34.6 Å². The molecule has 3 rings (SSSR count). The number of nitrogens with one attached hydrogen (secondary N) is 1. The standard InChI is InChI=1S/C43H75NOS4/c45-43-41-35-39-34-40(36-41)38-48-49-42(31-27-23-19-15-11-7-3-4-8-12-16-20-24-28-32-44-43)30-26-22-18-14-10-6-2-1-5-9-13-17-21-25-29-33-46-47-37-39/h34-36,42H,1-33,37-38H2,(H,44,45). The Balaban J connectivity index is 1.61. The molecule has 4 bridgehead atoms. The molecule has 282 valence electrons. The lowest BCUT2D eigenvalue weighted by molar-refractivity contribution is 0.0952. The van der Waals surface area contributed by atoms with Gasteiger partial charge in [0.2, 0.25) is 0 Å². The van der Waals surface area contributed by atoms with Gasteiger partial charge in [0.05, 0.1) is 0 Å². The van der Waals surface area contributed by atoms with Crippen LogP contribution in [0.4, 0.5) is 0 Å². The number of amides is 1. The molecule has 0 radical (unpaired) electrons. The summed E-state index contributed by atoms with van der Waals surface area (Å²) in [5, 5.41) is 4.04. The monoisotopic (exact) mass is 749 g/mol. The molecule has 1 unspecified atom stereocenters. The zero-order valence-corrected chi connectivity index (χ0v) is 34.9. The molecule has 2 aliphatic heterocycles. The van der Waals surface area contributed by atoms with E-state index in [0.717, 1.165) is 35.3 Å². The molecule has 2 nitrogen and oxygen atoms in total. The van der Waals surface area contributed by atoms with Crippen LogP contribution in [0, 0.1) is 0 Å². The molecule has 2 aliphatic rings. The van der Waals surface area contributed by atoms with Gasteiger partial charge >= 0.3 is 0 Å². The fraction of sp³-hybridized carbons (Fsp3) is 0.837. The number of rotatable bonds is 0. The third-order valence-corrected chi connectivity index (χ3v) is 15.9. The van der Waals surface area contributed by atoms with Gasteiger partial charge in [0.25, 0.3) is 5.91 Å². The number of hydrogen-bond acceptors (Lipinski definition) is 5. The number of benzene rings is 1. The van der Waals surface area contributed by atoms with Gasteiger partial charge in [-0.2, -0.15) is 0 Å². The minimum absolute atomic E-state index is 0.122. The maximum atomic E-state index is 13.3. The lowest BCUT2D eigenvalue weighted by atomic mass is 10.0. The quantitative estimate of drug-likeness (QED) is 0.267. The molecule has 1 aromatic rings. The fourth-order valence-electron chi connectivity index (χ4n) is 7.42. The SMILES string of the molecule is O=C1NCCCCCCCCCCCCCCCCC2CCCCCCCCCCCCCCCCCSSCc3cc(cc1c3)CSS2. The molecule has 0 fully saturated rings. The van der Waals surface area contributed by atoms with Crippen molar-refractivity contribution in [2.24, 2.45) is 0 Å². The number of fused-ring (bicyclic) bond motifs is 5. The fourth-order valence-corrected chi connectivity index (χ4v) is 12.5. The van der Waals surface area contributed by atoms with Gasteiger partial charge in [-0.1, -0.05) is 223 Å². The van der Waals surface area contributed by atoms with Crippen molar-refractivity contribution in [1.29, 1.82) is 0 Å². The highest BCUT2D eigenvalue weighted by molar-refractivity contribution is 8.76. The van der Waals surface area contributed by atoms with E-state index in [1.54, 1.807) is 0 Å². The Kier molecular flexibility index (Phi) is 28.1. The number of carbonyl (C=O) groups is 1. The molecule has 1 N–H and O–H groups in total. The van der Waals surface area contributed by atoms with Crippen LogP contribution in [0.25, 0.3) is 0 Å². The summed E-state index contributed by atoms with van der Waals surface area (Å²) in [4.78, 5) is 13.3. The molecule has 0 spiro atoms. The lowest BCUT2D eigenvalue weighted by Gasteiger charge is -2.17. The maximum absolute atomic E-state index is 13.3. The molecule has 0 aliphatic carbocycles. The first kappa shape index (κ1) is 43.5. The summed E-state index contributed by atoms with van der Waals surface area (Å²) in [6.07, 6.45) is 43.3. The van der Waals surface area contributed by atoms with E-state index in [0.29, 0.717) is 0 Å². The Bertz CT molecular complexity index is 927. The van der Waals surface area contributed by atoms with E-state index in [-0.39, 0.29) is 5.91 Å². The third kappa shape index (κ3) is 24.1. The zero-order chi connectivity index (χ0) is 34.3. The highest BCUT2D eigenvalue weighted by Gasteiger charge is 2.13. The van der Waals surface area contributed by atoms with Gasteiger partial charge < -0.3 is 5.32 Å². The second kappa shape index (κ2) is 31.6. The van der Waals surface area contributed by atoms with Crippen molar-refractivity contribution < 1.29 is 4.79 Å². The Morgan fingerprint density at radius 1 is 0.429 bits per heavy atom. The molecule has 2 heterocycles. The highest BCUT2D eigenvalue weighted by atomic mass is 33.1. The van der Waals surface area contributed by atoms with Gasteiger partial charge in [-0.3, -0.25) is 4.79 Å². The van der Waals surface area contributed by atoms with Crippen molar-refractivity contribution in [1.82, 2.24) is 5.32 Å². The van der Waals surface area contributed by atoms with E-state index in [2.05, 4.69) is 45.1 Å². The van der Waals surface area contributed by atoms with Gasteiger partial charge in [-0.25, -0.2) is 0 Å². The first-order chi connectivity index (χ1) is 24.3. The molecule has 1 atom stereocenters. The van der Waals surface area contributed by atoms with Crippen LogP contribution in [0.15, 0.2) is 18.2 Å². The van der Waals surface area contributed by atoms with Crippen molar-refractivity contribution in [2.45, 2.75) is 216 Å². The average Bonchev–Trinajstić information content (AvgIpc) is 3.10. The molecule has 0 saturated heterocycles. The first-order valence-electron chi connectivity index (χ1n) is 21.2. The van der Waals surface area contributed by atoms with Crippen molar-refractivity contribution in [3.63, 3.8) is 0 Å². The summed E-state index contributed by atoms with van der Waals surface area (Å²) in [5.41, 5.74) is 3.51. The maximum Gasteiger partial charge on any atom is 0.251 e. The van der Waals surface area contributed by atoms with Gasteiger partial charge in [0.1, 0.15) is 0 Å². The van der Waals surface area contributed by atoms with Crippen LogP contribution in [0.3, 0.4) is 0 Å². The summed E-state index contributed by atoms with van der Waals surface area (Å²) < 4.78 is 0. The van der Waals surface area contributed by atoms with E-state index >= 15 is 0 Å². The molecule has 0 saturated carbocycles. The van der Waals surface area contributed by atoms with E-state index in [4.69, 9.17) is 0 Å². The van der Waals surface area contributed by atoms with E-state index in [1.807, 2.05) is 21.6 Å². The summed E-state index contributed by atoms with van der Waals surface area (Å²) in [6, 6.07) is 6.76. The molecule has 6 heteroatoms. The van der Waals surface area contributed by atoms with Crippen LogP contribution in [0.5, 0.6) is 0 Å². The van der Waals surface area contributed by atoms with E-state index < -0.39 is 0 Å². The topological polar surface area (TPSA) is 29.1 Å². The molecule has 0 aromatic heterocycles.